The van der Waals surface area contributed by atoms with Crippen LogP contribution in [0.2, 0.25) is 0 Å². The van der Waals surface area contributed by atoms with E-state index in [9.17, 15) is 28.8 Å². The number of urea groups is 1. The number of ketones is 1. The Balaban J connectivity index is 1.00. The minimum Gasteiger partial charge on any atom is -0.354 e. The molecule has 5 amide bonds. The predicted molar refractivity (Wildman–Crippen MR) is 163 cm³/mol. The molecule has 2 saturated heterocycles. The van der Waals surface area contributed by atoms with Crippen molar-refractivity contribution in [2.45, 2.75) is 75.2 Å². The second kappa shape index (κ2) is 16.5. The minimum absolute atomic E-state index is 0.0344. The maximum Gasteiger partial charge on any atom is 0.315 e. The molecule has 2 aliphatic heterocycles. The third-order valence-electron chi connectivity index (χ3n) is 7.38. The summed E-state index contributed by atoms with van der Waals surface area (Å²) < 4.78 is 1.56. The van der Waals surface area contributed by atoms with Gasteiger partial charge in [0.15, 0.2) is 6.29 Å². The molecule has 0 saturated carbocycles. The van der Waals surface area contributed by atoms with E-state index in [2.05, 4.69) is 36.9 Å². The zero-order chi connectivity index (χ0) is 31.3. The highest BCUT2D eigenvalue weighted by molar-refractivity contribution is 8.00. The number of aromatic nitrogens is 3. The molecule has 3 heterocycles. The Kier molecular flexibility index (Phi) is 12.3. The number of thioether (sulfide) groups is 1. The molecule has 2 aromatic rings. The highest BCUT2D eigenvalue weighted by Gasteiger charge is 2.42. The van der Waals surface area contributed by atoms with Crippen LogP contribution in [0.3, 0.4) is 0 Å². The average molecular weight is 627 g/mol. The molecule has 44 heavy (non-hydrogen) atoms. The number of anilines is 1. The van der Waals surface area contributed by atoms with E-state index < -0.39 is 5.78 Å². The summed E-state index contributed by atoms with van der Waals surface area (Å²) in [5.74, 6) is -0.149. The molecule has 5 N–H and O–H groups in total. The van der Waals surface area contributed by atoms with Gasteiger partial charge in [0.25, 0.3) is 0 Å². The van der Waals surface area contributed by atoms with Gasteiger partial charge in [-0.3, -0.25) is 28.7 Å². The molecule has 236 valence electrons. The van der Waals surface area contributed by atoms with E-state index in [1.807, 2.05) is 11.8 Å². The Labute approximate surface area is 259 Å². The number of aryl methyl sites for hydroxylation is 2. The molecule has 15 heteroatoms. The summed E-state index contributed by atoms with van der Waals surface area (Å²) in [7, 11) is 0. The second-order valence-corrected chi connectivity index (χ2v) is 12.0. The van der Waals surface area contributed by atoms with Gasteiger partial charge in [0.2, 0.25) is 23.5 Å². The van der Waals surface area contributed by atoms with Crippen LogP contribution in [0.1, 0.15) is 61.0 Å². The molecule has 1 aromatic carbocycles. The molecule has 0 radical (unpaired) electrons. The van der Waals surface area contributed by atoms with E-state index in [-0.39, 0.29) is 54.1 Å². The molecule has 0 aliphatic carbocycles. The van der Waals surface area contributed by atoms with Gasteiger partial charge in [-0.05, 0) is 37.8 Å². The van der Waals surface area contributed by atoms with Gasteiger partial charge in [0.05, 0.1) is 24.3 Å². The standard InChI is InChI=1S/C29H38N8O6S/c38-17-23(39)19-5-3-6-20(15-19)32-27(42)11-14-37-16-21(35-36-37)7-4-10-26(41)31-13-12-30-25(40)9-2-1-8-24-28-22(18-44-24)33-29(43)34-28/h3,5-6,15-17,22,24,28H,1-2,4,7-14,18H2,(H,30,40)(H,31,41)(H,32,42)(H2,33,34,43). The molecular formula is C29H38N8O6S. The fourth-order valence-corrected chi connectivity index (χ4v) is 6.65. The maximum atomic E-state index is 12.3. The van der Waals surface area contributed by atoms with E-state index in [4.69, 9.17) is 0 Å². The monoisotopic (exact) mass is 626 g/mol. The Bertz CT molecular complexity index is 1350. The van der Waals surface area contributed by atoms with Crippen LogP contribution < -0.4 is 26.6 Å². The number of benzene rings is 1. The fourth-order valence-electron chi connectivity index (χ4n) is 5.10. The zero-order valence-electron chi connectivity index (χ0n) is 24.4. The number of nitrogens with one attached hydrogen (secondary N) is 5. The van der Waals surface area contributed by atoms with Crippen molar-refractivity contribution in [1.82, 2.24) is 36.3 Å². The zero-order valence-corrected chi connectivity index (χ0v) is 25.2. The third-order valence-corrected chi connectivity index (χ3v) is 8.89. The Morgan fingerprint density at radius 3 is 2.55 bits per heavy atom. The van der Waals surface area contributed by atoms with Gasteiger partial charge in [-0.25, -0.2) is 4.79 Å². The van der Waals surface area contributed by atoms with Crippen LogP contribution in [-0.2, 0) is 32.1 Å². The van der Waals surface area contributed by atoms with Gasteiger partial charge in [0, 0.05) is 60.8 Å². The Hall–Kier alpha value is -4.27. The van der Waals surface area contributed by atoms with E-state index in [0.717, 1.165) is 25.0 Å². The topological polar surface area (TPSA) is 193 Å². The number of carbonyl (C=O) groups is 6. The van der Waals surface area contributed by atoms with Gasteiger partial charge in [-0.2, -0.15) is 11.8 Å². The van der Waals surface area contributed by atoms with Crippen molar-refractivity contribution in [3.05, 3.63) is 41.7 Å². The molecule has 0 spiro atoms. The van der Waals surface area contributed by atoms with E-state index in [1.54, 1.807) is 23.0 Å². The predicted octanol–water partition coefficient (Wildman–Crippen LogP) is 0.969. The summed E-state index contributed by atoms with van der Waals surface area (Å²) in [6.07, 6.45) is 6.65. The number of hydrogen-bond acceptors (Lipinski definition) is 9. The molecule has 14 nitrogen and oxygen atoms in total. The Morgan fingerprint density at radius 2 is 1.77 bits per heavy atom. The lowest BCUT2D eigenvalue weighted by molar-refractivity contribution is -0.123. The summed E-state index contributed by atoms with van der Waals surface area (Å²) in [4.78, 5) is 70.2. The molecule has 3 atom stereocenters. The van der Waals surface area contributed by atoms with Crippen molar-refractivity contribution < 1.29 is 28.8 Å². The fraction of sp³-hybridized carbons (Fsp3) is 0.517. The largest absolute Gasteiger partial charge is 0.354 e. The number of amides is 5. The Morgan fingerprint density at radius 1 is 1.00 bits per heavy atom. The lowest BCUT2D eigenvalue weighted by Gasteiger charge is -2.16. The number of fused-ring (bicyclic) bond motifs is 1. The molecule has 4 rings (SSSR count). The molecule has 3 unspecified atom stereocenters. The van der Waals surface area contributed by atoms with Crippen molar-refractivity contribution in [2.24, 2.45) is 0 Å². The van der Waals surface area contributed by atoms with Gasteiger partial charge >= 0.3 is 6.03 Å². The minimum atomic E-state index is -0.659. The molecule has 2 aliphatic rings. The number of unbranched alkanes of at least 4 members (excludes halogenated alkanes) is 1. The van der Waals surface area contributed by atoms with Gasteiger partial charge in [-0.1, -0.05) is 23.8 Å². The maximum absolute atomic E-state index is 12.3. The van der Waals surface area contributed by atoms with Crippen LogP contribution in [0.4, 0.5) is 10.5 Å². The first-order valence-corrected chi connectivity index (χ1v) is 15.9. The average Bonchev–Trinajstić information content (AvgIpc) is 3.72. The van der Waals surface area contributed by atoms with Crippen molar-refractivity contribution in [1.29, 1.82) is 0 Å². The van der Waals surface area contributed by atoms with Crippen LogP contribution >= 0.6 is 11.8 Å². The first kappa shape index (κ1) is 32.6. The highest BCUT2D eigenvalue weighted by atomic mass is 32.2. The van der Waals surface area contributed by atoms with Crippen molar-refractivity contribution in [3.8, 4) is 0 Å². The van der Waals surface area contributed by atoms with Gasteiger partial charge < -0.3 is 26.6 Å². The number of aldehydes is 1. The van der Waals surface area contributed by atoms with Gasteiger partial charge in [-0.15, -0.1) is 5.10 Å². The van der Waals surface area contributed by atoms with Crippen molar-refractivity contribution in [2.75, 3.05) is 24.2 Å². The summed E-state index contributed by atoms with van der Waals surface area (Å²) in [6.45, 7) is 1.03. The molecular weight excluding hydrogens is 588 g/mol. The summed E-state index contributed by atoms with van der Waals surface area (Å²) in [5.41, 5.74) is 1.34. The first-order valence-electron chi connectivity index (χ1n) is 14.8. The lowest BCUT2D eigenvalue weighted by Crippen LogP contribution is -2.36. The van der Waals surface area contributed by atoms with E-state index in [1.165, 1.54) is 12.1 Å². The van der Waals surface area contributed by atoms with Crippen molar-refractivity contribution >= 4 is 53.3 Å². The summed E-state index contributed by atoms with van der Waals surface area (Å²) in [5, 5.41) is 22.8. The van der Waals surface area contributed by atoms with Crippen LogP contribution in [0.5, 0.6) is 0 Å². The number of hydrogen-bond donors (Lipinski definition) is 5. The second-order valence-electron chi connectivity index (χ2n) is 10.8. The smallest absolute Gasteiger partial charge is 0.315 e. The van der Waals surface area contributed by atoms with Crippen molar-refractivity contribution in [3.63, 3.8) is 0 Å². The number of Topliss-reactive ketones (excluding diaryl/α,β-unsaturated/α-hetero) is 1. The number of nitrogens with zero attached hydrogens (tertiary/aromatic N) is 3. The quantitative estimate of drug-likeness (QED) is 0.0527. The number of carbonyl (C=O) groups excluding carboxylic acids is 6. The summed E-state index contributed by atoms with van der Waals surface area (Å²) in [6, 6.07) is 6.47. The van der Waals surface area contributed by atoms with Crippen LogP contribution in [0, 0.1) is 0 Å². The van der Waals surface area contributed by atoms with E-state index in [0.29, 0.717) is 61.9 Å². The first-order chi connectivity index (χ1) is 21.3. The molecule has 0 bridgehead atoms. The van der Waals surface area contributed by atoms with E-state index >= 15 is 0 Å². The van der Waals surface area contributed by atoms with Gasteiger partial charge in [0.1, 0.15) is 0 Å². The third kappa shape index (κ3) is 10.2. The number of rotatable bonds is 18. The molecule has 1 aromatic heterocycles. The van der Waals surface area contributed by atoms with Crippen LogP contribution in [-0.4, -0.2) is 87.0 Å². The van der Waals surface area contributed by atoms with Crippen LogP contribution in [0.15, 0.2) is 30.5 Å². The summed E-state index contributed by atoms with van der Waals surface area (Å²) >= 11 is 1.87. The highest BCUT2D eigenvalue weighted by Crippen LogP contribution is 2.33. The molecule has 2 fully saturated rings. The lowest BCUT2D eigenvalue weighted by atomic mass is 10.0. The normalized spacial score (nSPS) is 18.5. The van der Waals surface area contributed by atoms with Crippen LogP contribution in [0.25, 0.3) is 0 Å². The SMILES string of the molecule is O=CC(=O)c1cccc(NC(=O)CCn2cc(CCCC(=O)NCCNC(=O)CCCCC3SCC4NC(=O)NC43)nn2)c1.